The molecule has 0 amide bonds. The van der Waals surface area contributed by atoms with Crippen molar-refractivity contribution in [3.63, 3.8) is 0 Å². The zero-order valence-corrected chi connectivity index (χ0v) is 12.4. The van der Waals surface area contributed by atoms with Gasteiger partial charge in [-0.25, -0.2) is 0 Å². The average molecular weight is 279 g/mol. The summed E-state index contributed by atoms with van der Waals surface area (Å²) in [6, 6.07) is 13.1. The van der Waals surface area contributed by atoms with Gasteiger partial charge in [0.05, 0.1) is 11.6 Å². The Labute approximate surface area is 124 Å². The van der Waals surface area contributed by atoms with Crippen molar-refractivity contribution in [2.75, 3.05) is 6.61 Å². The highest BCUT2D eigenvalue weighted by Gasteiger charge is 2.12. The first-order chi connectivity index (χ1) is 10.0. The number of nitrogens with zero attached hydrogens (tertiary/aromatic N) is 1. The predicted octanol–water partition coefficient (Wildman–Crippen LogP) is 3.75. The lowest BCUT2D eigenvalue weighted by Crippen LogP contribution is -2.14. The van der Waals surface area contributed by atoms with Crippen LogP contribution in [0.2, 0.25) is 0 Å². The monoisotopic (exact) mass is 279 g/mol. The SMILES string of the molecule is Cc1ccccc1C(=O)COc1c(C)cc(C#N)cc1C. The zero-order valence-electron chi connectivity index (χ0n) is 12.4. The number of nitriles is 1. The quantitative estimate of drug-likeness (QED) is 0.801. The van der Waals surface area contributed by atoms with Crippen molar-refractivity contribution < 1.29 is 9.53 Å². The maximum absolute atomic E-state index is 12.2. The molecule has 2 aromatic rings. The number of hydrogen-bond acceptors (Lipinski definition) is 3. The number of Topliss-reactive ketones (excluding diaryl/α,β-unsaturated/α-hetero) is 1. The van der Waals surface area contributed by atoms with E-state index in [-0.39, 0.29) is 12.4 Å². The van der Waals surface area contributed by atoms with E-state index in [2.05, 4.69) is 6.07 Å². The van der Waals surface area contributed by atoms with Crippen molar-refractivity contribution >= 4 is 5.78 Å². The zero-order chi connectivity index (χ0) is 15.4. The molecule has 0 N–H and O–H groups in total. The van der Waals surface area contributed by atoms with Gasteiger partial charge in [-0.15, -0.1) is 0 Å². The molecule has 0 heterocycles. The van der Waals surface area contributed by atoms with E-state index >= 15 is 0 Å². The first-order valence-electron chi connectivity index (χ1n) is 6.76. The molecule has 0 aliphatic heterocycles. The number of carbonyl (C=O) groups excluding carboxylic acids is 1. The minimum absolute atomic E-state index is 0.00155. The van der Waals surface area contributed by atoms with Crippen LogP contribution in [0.3, 0.4) is 0 Å². The Balaban J connectivity index is 2.16. The van der Waals surface area contributed by atoms with E-state index in [4.69, 9.17) is 10.00 Å². The van der Waals surface area contributed by atoms with Gasteiger partial charge in [0.1, 0.15) is 5.75 Å². The molecular weight excluding hydrogens is 262 g/mol. The Morgan fingerprint density at radius 3 is 2.29 bits per heavy atom. The average Bonchev–Trinajstić information content (AvgIpc) is 2.46. The van der Waals surface area contributed by atoms with E-state index in [1.165, 1.54) is 0 Å². The lowest BCUT2D eigenvalue weighted by molar-refractivity contribution is 0.0920. The Morgan fingerprint density at radius 1 is 1.10 bits per heavy atom. The van der Waals surface area contributed by atoms with E-state index < -0.39 is 0 Å². The number of benzene rings is 2. The summed E-state index contributed by atoms with van der Waals surface area (Å²) >= 11 is 0. The van der Waals surface area contributed by atoms with Crippen molar-refractivity contribution in [1.82, 2.24) is 0 Å². The van der Waals surface area contributed by atoms with Crippen molar-refractivity contribution in [3.8, 4) is 11.8 Å². The van der Waals surface area contributed by atoms with Gasteiger partial charge in [-0.3, -0.25) is 4.79 Å². The van der Waals surface area contributed by atoms with Gasteiger partial charge in [-0.2, -0.15) is 5.26 Å². The molecule has 21 heavy (non-hydrogen) atoms. The van der Waals surface area contributed by atoms with E-state index in [0.717, 1.165) is 16.7 Å². The second kappa shape index (κ2) is 6.23. The van der Waals surface area contributed by atoms with E-state index in [1.54, 1.807) is 18.2 Å². The Kier molecular flexibility index (Phi) is 4.39. The van der Waals surface area contributed by atoms with E-state index in [9.17, 15) is 4.79 Å². The lowest BCUT2D eigenvalue weighted by Gasteiger charge is -2.12. The molecular formula is C18H17NO2. The first kappa shape index (κ1) is 14.8. The van der Waals surface area contributed by atoms with Gasteiger partial charge >= 0.3 is 0 Å². The van der Waals surface area contributed by atoms with Crippen molar-refractivity contribution in [3.05, 3.63) is 64.2 Å². The van der Waals surface area contributed by atoms with Crippen LogP contribution in [-0.4, -0.2) is 12.4 Å². The highest BCUT2D eigenvalue weighted by atomic mass is 16.5. The number of aryl methyl sites for hydroxylation is 3. The standard InChI is InChI=1S/C18H17NO2/c1-12-6-4-5-7-16(12)17(20)11-21-18-13(2)8-15(10-19)9-14(18)3/h4-9H,11H2,1-3H3. The second-order valence-electron chi connectivity index (χ2n) is 5.08. The van der Waals surface area contributed by atoms with Gasteiger partial charge in [-0.05, 0) is 49.6 Å². The Morgan fingerprint density at radius 2 is 1.71 bits per heavy atom. The molecule has 0 atom stereocenters. The van der Waals surface area contributed by atoms with E-state index in [0.29, 0.717) is 16.9 Å². The summed E-state index contributed by atoms with van der Waals surface area (Å²) in [5.74, 6) is 0.632. The van der Waals surface area contributed by atoms with Crippen LogP contribution in [0.15, 0.2) is 36.4 Å². The smallest absolute Gasteiger partial charge is 0.200 e. The number of ketones is 1. The third-order valence-corrected chi connectivity index (χ3v) is 3.38. The molecule has 0 spiro atoms. The van der Waals surface area contributed by atoms with Crippen LogP contribution in [0.5, 0.6) is 5.75 Å². The molecule has 0 saturated heterocycles. The second-order valence-corrected chi connectivity index (χ2v) is 5.08. The fourth-order valence-corrected chi connectivity index (χ4v) is 2.34. The van der Waals surface area contributed by atoms with Crippen LogP contribution in [0.25, 0.3) is 0 Å². The molecule has 0 bridgehead atoms. The molecule has 0 aromatic heterocycles. The van der Waals surface area contributed by atoms with Gasteiger partial charge in [-0.1, -0.05) is 24.3 Å². The molecule has 0 aliphatic carbocycles. The largest absolute Gasteiger partial charge is 0.485 e. The molecule has 106 valence electrons. The van der Waals surface area contributed by atoms with Crippen LogP contribution in [0, 0.1) is 32.1 Å². The summed E-state index contributed by atoms with van der Waals surface area (Å²) in [5, 5.41) is 8.93. The highest BCUT2D eigenvalue weighted by molar-refractivity contribution is 5.98. The minimum atomic E-state index is -0.0451. The van der Waals surface area contributed by atoms with Crippen LogP contribution < -0.4 is 4.74 Å². The molecule has 3 heteroatoms. The van der Waals surface area contributed by atoms with Crippen LogP contribution in [-0.2, 0) is 0 Å². The third kappa shape index (κ3) is 3.29. The van der Waals surface area contributed by atoms with Crippen LogP contribution >= 0.6 is 0 Å². The van der Waals surface area contributed by atoms with Crippen molar-refractivity contribution in [2.24, 2.45) is 0 Å². The van der Waals surface area contributed by atoms with E-state index in [1.807, 2.05) is 39.0 Å². The molecule has 0 saturated carbocycles. The van der Waals surface area contributed by atoms with Crippen molar-refractivity contribution in [1.29, 1.82) is 5.26 Å². The molecule has 2 rings (SSSR count). The summed E-state index contributed by atoms with van der Waals surface area (Å²) in [4.78, 5) is 12.2. The maximum Gasteiger partial charge on any atom is 0.200 e. The Hall–Kier alpha value is -2.60. The fraction of sp³-hybridized carbons (Fsp3) is 0.222. The molecule has 0 fully saturated rings. The number of hydrogen-bond donors (Lipinski definition) is 0. The maximum atomic E-state index is 12.2. The van der Waals surface area contributed by atoms with Gasteiger partial charge in [0.25, 0.3) is 0 Å². The number of ether oxygens (including phenoxy) is 1. The predicted molar refractivity (Wildman–Crippen MR) is 81.6 cm³/mol. The number of carbonyl (C=O) groups is 1. The number of rotatable bonds is 4. The molecule has 2 aromatic carbocycles. The topological polar surface area (TPSA) is 50.1 Å². The van der Waals surface area contributed by atoms with Crippen LogP contribution in [0.4, 0.5) is 0 Å². The highest BCUT2D eigenvalue weighted by Crippen LogP contribution is 2.24. The normalized spacial score (nSPS) is 10.0. The van der Waals surface area contributed by atoms with Gasteiger partial charge in [0.15, 0.2) is 12.4 Å². The van der Waals surface area contributed by atoms with Gasteiger partial charge in [0, 0.05) is 5.56 Å². The van der Waals surface area contributed by atoms with Gasteiger partial charge in [0.2, 0.25) is 0 Å². The Bertz CT molecular complexity index is 703. The van der Waals surface area contributed by atoms with Crippen LogP contribution in [0.1, 0.15) is 32.6 Å². The summed E-state index contributed by atoms with van der Waals surface area (Å²) in [6.07, 6.45) is 0. The first-order valence-corrected chi connectivity index (χ1v) is 6.76. The molecule has 0 aliphatic rings. The van der Waals surface area contributed by atoms with Crippen molar-refractivity contribution in [2.45, 2.75) is 20.8 Å². The van der Waals surface area contributed by atoms with Gasteiger partial charge < -0.3 is 4.74 Å². The third-order valence-electron chi connectivity index (χ3n) is 3.38. The summed E-state index contributed by atoms with van der Waals surface area (Å²) in [7, 11) is 0. The molecule has 3 nitrogen and oxygen atoms in total. The minimum Gasteiger partial charge on any atom is -0.485 e. The summed E-state index contributed by atoms with van der Waals surface area (Å²) < 4.78 is 5.68. The molecule has 0 unspecified atom stereocenters. The fourth-order valence-electron chi connectivity index (χ4n) is 2.34. The lowest BCUT2D eigenvalue weighted by atomic mass is 10.0. The summed E-state index contributed by atoms with van der Waals surface area (Å²) in [5.41, 5.74) is 3.96. The molecule has 0 radical (unpaired) electrons. The summed E-state index contributed by atoms with van der Waals surface area (Å²) in [6.45, 7) is 5.66.